The van der Waals surface area contributed by atoms with Crippen LogP contribution in [0.1, 0.15) is 10.4 Å². The van der Waals surface area contributed by atoms with Crippen molar-refractivity contribution in [3.63, 3.8) is 0 Å². The third kappa shape index (κ3) is 2.90. The van der Waals surface area contributed by atoms with Crippen molar-refractivity contribution < 1.29 is 9.18 Å². The number of anilines is 1. The molecule has 2 nitrogen and oxygen atoms in total. The van der Waals surface area contributed by atoms with Crippen LogP contribution < -0.4 is 5.32 Å². The molecule has 21 heavy (non-hydrogen) atoms. The Morgan fingerprint density at radius 3 is 2.57 bits per heavy atom. The molecule has 0 spiro atoms. The van der Waals surface area contributed by atoms with Gasteiger partial charge in [0.15, 0.2) is 0 Å². The molecular weight excluding hydrogens is 380 g/mol. The maximum Gasteiger partial charge on any atom is 0.256 e. The van der Waals surface area contributed by atoms with Gasteiger partial charge in [-0.2, -0.15) is 0 Å². The van der Waals surface area contributed by atoms with E-state index in [9.17, 15) is 9.18 Å². The summed E-state index contributed by atoms with van der Waals surface area (Å²) in [7, 11) is 0. The summed E-state index contributed by atoms with van der Waals surface area (Å²) in [5.74, 6) is -0.748. The Balaban J connectivity index is 1.97. The van der Waals surface area contributed by atoms with Crippen LogP contribution in [0.25, 0.3) is 10.8 Å². The molecule has 0 unspecified atom stereocenters. The normalized spacial score (nSPS) is 10.6. The molecule has 0 saturated carbocycles. The van der Waals surface area contributed by atoms with Crippen molar-refractivity contribution in [2.75, 3.05) is 5.32 Å². The van der Waals surface area contributed by atoms with Crippen molar-refractivity contribution >= 4 is 45.0 Å². The molecule has 0 bridgehead atoms. The number of carbonyl (C=O) groups excluding carboxylic acids is 1. The van der Waals surface area contributed by atoms with Crippen LogP contribution in [-0.2, 0) is 0 Å². The van der Waals surface area contributed by atoms with Gasteiger partial charge in [-0.15, -0.1) is 0 Å². The summed E-state index contributed by atoms with van der Waals surface area (Å²) in [6.07, 6.45) is 0. The number of hydrogen-bond donors (Lipinski definition) is 1. The molecule has 1 amide bonds. The summed E-state index contributed by atoms with van der Waals surface area (Å²) in [6, 6.07) is 17.8. The Morgan fingerprint density at radius 2 is 1.76 bits per heavy atom. The largest absolute Gasteiger partial charge is 0.319 e. The second-order valence-corrected chi connectivity index (χ2v) is 5.85. The van der Waals surface area contributed by atoms with Gasteiger partial charge in [-0.25, -0.2) is 4.39 Å². The molecule has 3 rings (SSSR count). The number of amides is 1. The third-order valence-corrected chi connectivity index (χ3v) is 3.88. The van der Waals surface area contributed by atoms with E-state index >= 15 is 0 Å². The maximum absolute atomic E-state index is 13.8. The second kappa shape index (κ2) is 5.81. The number of fused-ring (bicyclic) bond motifs is 1. The summed E-state index contributed by atoms with van der Waals surface area (Å²) in [6.45, 7) is 0. The summed E-state index contributed by atoms with van der Waals surface area (Å²) >= 11 is 2.03. The molecule has 0 aliphatic rings. The van der Waals surface area contributed by atoms with Crippen LogP contribution >= 0.6 is 22.6 Å². The van der Waals surface area contributed by atoms with Crippen LogP contribution in [0.4, 0.5) is 10.1 Å². The molecule has 0 heterocycles. The first-order valence-corrected chi connectivity index (χ1v) is 7.47. The summed E-state index contributed by atoms with van der Waals surface area (Å²) in [5.41, 5.74) is 0.722. The molecule has 0 radical (unpaired) electrons. The predicted molar refractivity (Wildman–Crippen MR) is 91.0 cm³/mol. The van der Waals surface area contributed by atoms with E-state index in [4.69, 9.17) is 0 Å². The van der Waals surface area contributed by atoms with E-state index in [2.05, 4.69) is 5.32 Å². The van der Waals surface area contributed by atoms with Crippen LogP contribution in [0, 0.1) is 9.39 Å². The van der Waals surface area contributed by atoms with Gasteiger partial charge in [0.25, 0.3) is 5.91 Å². The Hall–Kier alpha value is -1.95. The van der Waals surface area contributed by atoms with Crippen molar-refractivity contribution in [1.29, 1.82) is 0 Å². The van der Waals surface area contributed by atoms with Gasteiger partial charge in [0.1, 0.15) is 5.82 Å². The van der Waals surface area contributed by atoms with Crippen molar-refractivity contribution in [2.45, 2.75) is 0 Å². The van der Waals surface area contributed by atoms with Crippen molar-refractivity contribution in [1.82, 2.24) is 0 Å². The standard InChI is InChI=1S/C17H11FINO/c18-15-10-12(19)8-9-16(15)20-17(21)14-7-3-5-11-4-1-2-6-13(11)14/h1-10H,(H,20,21). The molecule has 0 fully saturated rings. The van der Waals surface area contributed by atoms with Gasteiger partial charge in [-0.1, -0.05) is 36.4 Å². The smallest absolute Gasteiger partial charge is 0.256 e. The van der Waals surface area contributed by atoms with Crippen LogP contribution in [0.3, 0.4) is 0 Å². The lowest BCUT2D eigenvalue weighted by Gasteiger charge is -2.09. The van der Waals surface area contributed by atoms with Crippen LogP contribution in [0.15, 0.2) is 60.7 Å². The number of nitrogens with one attached hydrogen (secondary N) is 1. The maximum atomic E-state index is 13.8. The van der Waals surface area contributed by atoms with Gasteiger partial charge in [0, 0.05) is 9.13 Å². The SMILES string of the molecule is O=C(Nc1ccc(I)cc1F)c1cccc2ccccc12. The quantitative estimate of drug-likeness (QED) is 0.623. The first-order valence-electron chi connectivity index (χ1n) is 6.39. The number of carbonyl (C=O) groups is 1. The summed E-state index contributed by atoms with van der Waals surface area (Å²) < 4.78 is 14.6. The lowest BCUT2D eigenvalue weighted by atomic mass is 10.0. The van der Waals surface area contributed by atoms with E-state index in [0.29, 0.717) is 5.56 Å². The topological polar surface area (TPSA) is 29.1 Å². The molecule has 0 aromatic heterocycles. The zero-order valence-corrected chi connectivity index (χ0v) is 13.1. The summed E-state index contributed by atoms with van der Waals surface area (Å²) in [5, 5.41) is 4.46. The molecule has 3 aromatic carbocycles. The lowest BCUT2D eigenvalue weighted by molar-refractivity contribution is 0.102. The van der Waals surface area contributed by atoms with Crippen LogP contribution in [0.2, 0.25) is 0 Å². The Bertz CT molecular complexity index is 827. The van der Waals surface area contributed by atoms with Crippen molar-refractivity contribution in [2.24, 2.45) is 0 Å². The first kappa shape index (κ1) is 14.0. The van der Waals surface area contributed by atoms with Crippen LogP contribution in [-0.4, -0.2) is 5.91 Å². The summed E-state index contributed by atoms with van der Waals surface area (Å²) in [4.78, 5) is 12.4. The highest BCUT2D eigenvalue weighted by Gasteiger charge is 2.12. The third-order valence-electron chi connectivity index (χ3n) is 3.21. The monoisotopic (exact) mass is 391 g/mol. The molecule has 1 N–H and O–H groups in total. The number of hydrogen-bond acceptors (Lipinski definition) is 1. The van der Waals surface area contributed by atoms with Gasteiger partial charge >= 0.3 is 0 Å². The molecule has 3 aromatic rings. The average Bonchev–Trinajstić information content (AvgIpc) is 2.49. The zero-order chi connectivity index (χ0) is 14.8. The number of benzene rings is 3. The highest BCUT2D eigenvalue weighted by atomic mass is 127. The van der Waals surface area contributed by atoms with Gasteiger partial charge < -0.3 is 5.32 Å². The van der Waals surface area contributed by atoms with E-state index in [1.54, 1.807) is 18.2 Å². The van der Waals surface area contributed by atoms with Gasteiger partial charge in [-0.05, 0) is 57.6 Å². The molecule has 4 heteroatoms. The Morgan fingerprint density at radius 1 is 1.00 bits per heavy atom. The fourth-order valence-electron chi connectivity index (χ4n) is 2.20. The van der Waals surface area contributed by atoms with E-state index < -0.39 is 5.82 Å². The fraction of sp³-hybridized carbons (Fsp3) is 0. The zero-order valence-electron chi connectivity index (χ0n) is 10.9. The van der Waals surface area contributed by atoms with E-state index in [1.807, 2.05) is 59.0 Å². The van der Waals surface area contributed by atoms with E-state index in [0.717, 1.165) is 14.3 Å². The second-order valence-electron chi connectivity index (χ2n) is 4.61. The van der Waals surface area contributed by atoms with Crippen molar-refractivity contribution in [3.8, 4) is 0 Å². The number of rotatable bonds is 2. The van der Waals surface area contributed by atoms with E-state index in [-0.39, 0.29) is 11.6 Å². The molecule has 0 saturated heterocycles. The molecule has 0 aliphatic heterocycles. The highest BCUT2D eigenvalue weighted by molar-refractivity contribution is 14.1. The molecule has 0 aliphatic carbocycles. The van der Waals surface area contributed by atoms with Gasteiger partial charge in [0.05, 0.1) is 5.69 Å². The minimum absolute atomic E-state index is 0.188. The Kier molecular flexibility index (Phi) is 3.88. The lowest BCUT2D eigenvalue weighted by Crippen LogP contribution is -2.13. The van der Waals surface area contributed by atoms with Crippen molar-refractivity contribution in [3.05, 3.63) is 75.6 Å². The fourth-order valence-corrected chi connectivity index (χ4v) is 2.66. The predicted octanol–water partition coefficient (Wildman–Crippen LogP) is 4.84. The highest BCUT2D eigenvalue weighted by Crippen LogP contribution is 2.21. The minimum Gasteiger partial charge on any atom is -0.319 e. The van der Waals surface area contributed by atoms with E-state index in [1.165, 1.54) is 6.07 Å². The average molecular weight is 391 g/mol. The Labute approximate surface area is 135 Å². The molecule has 104 valence electrons. The molecule has 0 atom stereocenters. The van der Waals surface area contributed by atoms with Gasteiger partial charge in [-0.3, -0.25) is 4.79 Å². The number of halogens is 2. The van der Waals surface area contributed by atoms with Gasteiger partial charge in [0.2, 0.25) is 0 Å². The minimum atomic E-state index is -0.435. The molecular formula is C17H11FINO. The van der Waals surface area contributed by atoms with Crippen LogP contribution in [0.5, 0.6) is 0 Å². The first-order chi connectivity index (χ1) is 10.1.